The lowest BCUT2D eigenvalue weighted by molar-refractivity contribution is -0.118. The third-order valence-corrected chi connectivity index (χ3v) is 5.15. The van der Waals surface area contributed by atoms with Gasteiger partial charge in [-0.15, -0.1) is 0 Å². The Balaban J connectivity index is 1.64. The van der Waals surface area contributed by atoms with Crippen molar-refractivity contribution in [2.45, 2.75) is 33.2 Å². The van der Waals surface area contributed by atoms with Gasteiger partial charge in [0.2, 0.25) is 5.91 Å². The Kier molecular flexibility index (Phi) is 7.46. The number of morpholine rings is 1. The number of aryl methyl sites for hydroxylation is 1. The second-order valence-electron chi connectivity index (χ2n) is 8.16. The highest BCUT2D eigenvalue weighted by Crippen LogP contribution is 2.19. The summed E-state index contributed by atoms with van der Waals surface area (Å²) in [4.78, 5) is 27.8. The monoisotopic (exact) mass is 409 g/mol. The fourth-order valence-electron chi connectivity index (χ4n) is 3.46. The van der Waals surface area contributed by atoms with Gasteiger partial charge in [0.25, 0.3) is 5.91 Å². The number of ether oxygens (including phenoxy) is 1. The topological polar surface area (TPSA) is 70.7 Å². The van der Waals surface area contributed by atoms with Gasteiger partial charge in [0, 0.05) is 30.0 Å². The number of anilines is 2. The zero-order valence-electron chi connectivity index (χ0n) is 18.0. The molecule has 0 aliphatic carbocycles. The highest BCUT2D eigenvalue weighted by atomic mass is 16.5. The molecule has 3 rings (SSSR count). The Morgan fingerprint density at radius 1 is 1.00 bits per heavy atom. The largest absolute Gasteiger partial charge is 0.378 e. The summed E-state index contributed by atoms with van der Waals surface area (Å²) in [6.45, 7) is 9.25. The summed E-state index contributed by atoms with van der Waals surface area (Å²) in [5.74, 6) is -0.176. The number of carbonyl (C=O) groups excluding carboxylic acids is 2. The predicted octanol–water partition coefficient (Wildman–Crippen LogP) is 3.61. The van der Waals surface area contributed by atoms with E-state index >= 15 is 0 Å². The molecule has 0 bridgehead atoms. The van der Waals surface area contributed by atoms with Crippen molar-refractivity contribution in [2.24, 2.45) is 5.92 Å². The number of nitrogens with zero attached hydrogens (tertiary/aromatic N) is 1. The Labute approximate surface area is 178 Å². The molecular weight excluding hydrogens is 378 g/mol. The van der Waals surface area contributed by atoms with E-state index in [1.54, 1.807) is 12.1 Å². The van der Waals surface area contributed by atoms with Crippen LogP contribution in [0.3, 0.4) is 0 Å². The fraction of sp³-hybridized carbons (Fsp3) is 0.417. The lowest BCUT2D eigenvalue weighted by Gasteiger charge is -2.29. The van der Waals surface area contributed by atoms with E-state index in [0.29, 0.717) is 12.0 Å². The van der Waals surface area contributed by atoms with Crippen LogP contribution in [0.4, 0.5) is 11.4 Å². The second-order valence-corrected chi connectivity index (χ2v) is 8.16. The minimum atomic E-state index is -0.599. The summed E-state index contributed by atoms with van der Waals surface area (Å²) in [5.41, 5.74) is 3.47. The van der Waals surface area contributed by atoms with Crippen LogP contribution >= 0.6 is 0 Å². The maximum Gasteiger partial charge on any atom is 0.251 e. The summed E-state index contributed by atoms with van der Waals surface area (Å²) in [6, 6.07) is 14.5. The van der Waals surface area contributed by atoms with E-state index in [4.69, 9.17) is 4.74 Å². The number of hydrogen-bond donors (Lipinski definition) is 2. The van der Waals surface area contributed by atoms with Crippen LogP contribution in [-0.4, -0.2) is 44.2 Å². The Bertz CT molecular complexity index is 841. The van der Waals surface area contributed by atoms with E-state index < -0.39 is 6.04 Å². The first-order valence-corrected chi connectivity index (χ1v) is 10.5. The molecule has 2 amide bonds. The van der Waals surface area contributed by atoms with Crippen LogP contribution < -0.4 is 15.5 Å². The van der Waals surface area contributed by atoms with Crippen LogP contribution in [-0.2, 0) is 9.53 Å². The maximum absolute atomic E-state index is 12.9. The molecule has 1 aliphatic rings. The summed E-state index contributed by atoms with van der Waals surface area (Å²) in [6.07, 6.45) is 0.565. The van der Waals surface area contributed by atoms with Crippen molar-refractivity contribution in [3.63, 3.8) is 0 Å². The lowest BCUT2D eigenvalue weighted by Crippen LogP contribution is -2.44. The molecule has 1 atom stereocenters. The van der Waals surface area contributed by atoms with Crippen molar-refractivity contribution in [3.8, 4) is 0 Å². The van der Waals surface area contributed by atoms with Gasteiger partial charge in [-0.05, 0) is 55.7 Å². The van der Waals surface area contributed by atoms with Crippen molar-refractivity contribution in [1.29, 1.82) is 0 Å². The van der Waals surface area contributed by atoms with Crippen LogP contribution in [0.25, 0.3) is 0 Å². The lowest BCUT2D eigenvalue weighted by atomic mass is 10.0. The molecule has 2 N–H and O–H groups in total. The molecule has 0 aromatic heterocycles. The average Bonchev–Trinajstić information content (AvgIpc) is 2.74. The number of rotatable bonds is 7. The molecule has 160 valence electrons. The predicted molar refractivity (Wildman–Crippen MR) is 120 cm³/mol. The molecule has 0 radical (unpaired) electrons. The minimum Gasteiger partial charge on any atom is -0.378 e. The van der Waals surface area contributed by atoms with E-state index in [2.05, 4.69) is 15.5 Å². The van der Waals surface area contributed by atoms with Gasteiger partial charge in [0.15, 0.2) is 0 Å². The van der Waals surface area contributed by atoms with Crippen molar-refractivity contribution < 1.29 is 14.3 Å². The summed E-state index contributed by atoms with van der Waals surface area (Å²) in [7, 11) is 0. The highest BCUT2D eigenvalue weighted by Gasteiger charge is 2.23. The first-order chi connectivity index (χ1) is 14.4. The third kappa shape index (κ3) is 6.07. The van der Waals surface area contributed by atoms with Crippen molar-refractivity contribution in [2.75, 3.05) is 36.5 Å². The number of amides is 2. The summed E-state index contributed by atoms with van der Waals surface area (Å²) < 4.78 is 5.39. The Morgan fingerprint density at radius 2 is 1.63 bits per heavy atom. The molecule has 1 fully saturated rings. The molecule has 1 heterocycles. The molecule has 1 unspecified atom stereocenters. The van der Waals surface area contributed by atoms with E-state index in [0.717, 1.165) is 43.2 Å². The van der Waals surface area contributed by atoms with E-state index in [-0.39, 0.29) is 17.7 Å². The molecule has 0 spiro atoms. The molecule has 2 aromatic carbocycles. The number of carbonyl (C=O) groups is 2. The van der Waals surface area contributed by atoms with Crippen LogP contribution in [0, 0.1) is 12.8 Å². The van der Waals surface area contributed by atoms with Gasteiger partial charge < -0.3 is 20.3 Å². The highest BCUT2D eigenvalue weighted by molar-refractivity contribution is 6.01. The van der Waals surface area contributed by atoms with E-state index in [1.165, 1.54) is 0 Å². The fourth-order valence-corrected chi connectivity index (χ4v) is 3.46. The van der Waals surface area contributed by atoms with Gasteiger partial charge in [0.05, 0.1) is 13.2 Å². The van der Waals surface area contributed by atoms with Crippen molar-refractivity contribution >= 4 is 23.2 Å². The SMILES string of the molecule is Cc1ccc(C(=O)NC(CC(C)C)C(=O)Nc2ccc(N3CCOCC3)cc2)cc1. The van der Waals surface area contributed by atoms with Crippen LogP contribution in [0.5, 0.6) is 0 Å². The zero-order valence-corrected chi connectivity index (χ0v) is 18.0. The maximum atomic E-state index is 12.9. The van der Waals surface area contributed by atoms with E-state index in [9.17, 15) is 9.59 Å². The van der Waals surface area contributed by atoms with Crippen molar-refractivity contribution in [3.05, 3.63) is 59.7 Å². The number of benzene rings is 2. The molecular formula is C24H31N3O3. The number of hydrogen-bond acceptors (Lipinski definition) is 4. The normalized spacial score (nSPS) is 15.0. The zero-order chi connectivity index (χ0) is 21.5. The quantitative estimate of drug-likeness (QED) is 0.733. The molecule has 1 aliphatic heterocycles. The van der Waals surface area contributed by atoms with Gasteiger partial charge >= 0.3 is 0 Å². The van der Waals surface area contributed by atoms with Crippen LogP contribution in [0.15, 0.2) is 48.5 Å². The van der Waals surface area contributed by atoms with Gasteiger partial charge in [-0.2, -0.15) is 0 Å². The third-order valence-electron chi connectivity index (χ3n) is 5.15. The van der Waals surface area contributed by atoms with Crippen LogP contribution in [0.1, 0.15) is 36.2 Å². The van der Waals surface area contributed by atoms with Gasteiger partial charge in [0.1, 0.15) is 6.04 Å². The van der Waals surface area contributed by atoms with E-state index in [1.807, 2.05) is 57.2 Å². The number of nitrogens with one attached hydrogen (secondary N) is 2. The molecule has 30 heavy (non-hydrogen) atoms. The molecule has 2 aromatic rings. The summed E-state index contributed by atoms with van der Waals surface area (Å²) >= 11 is 0. The smallest absolute Gasteiger partial charge is 0.251 e. The standard InChI is InChI=1S/C24H31N3O3/c1-17(2)16-22(26-23(28)19-6-4-18(3)5-7-19)24(29)25-20-8-10-21(11-9-20)27-12-14-30-15-13-27/h4-11,17,22H,12-16H2,1-3H3,(H,25,29)(H,26,28). The second kappa shape index (κ2) is 10.3. The van der Waals surface area contributed by atoms with Crippen molar-refractivity contribution in [1.82, 2.24) is 5.32 Å². The molecule has 6 nitrogen and oxygen atoms in total. The first kappa shape index (κ1) is 21.8. The van der Waals surface area contributed by atoms with Gasteiger partial charge in [-0.25, -0.2) is 0 Å². The Hall–Kier alpha value is -2.86. The van der Waals surface area contributed by atoms with Gasteiger partial charge in [-0.3, -0.25) is 9.59 Å². The van der Waals surface area contributed by atoms with Crippen LogP contribution in [0.2, 0.25) is 0 Å². The summed E-state index contributed by atoms with van der Waals surface area (Å²) in [5, 5.41) is 5.84. The molecule has 1 saturated heterocycles. The minimum absolute atomic E-state index is 0.205. The van der Waals surface area contributed by atoms with Gasteiger partial charge in [-0.1, -0.05) is 31.5 Å². The molecule has 6 heteroatoms. The first-order valence-electron chi connectivity index (χ1n) is 10.5. The molecule has 0 saturated carbocycles. The Morgan fingerprint density at radius 3 is 2.23 bits per heavy atom. The average molecular weight is 410 g/mol.